The number of para-hydroxylation sites is 1. The molecule has 0 saturated carbocycles. The van der Waals surface area contributed by atoms with Gasteiger partial charge in [0.1, 0.15) is 12.4 Å². The Hall–Kier alpha value is -3.41. The normalized spacial score (nSPS) is 14.5. The van der Waals surface area contributed by atoms with Gasteiger partial charge in [0.05, 0.1) is 24.5 Å². The minimum atomic E-state index is 0.00108. The van der Waals surface area contributed by atoms with Crippen molar-refractivity contribution in [3.63, 3.8) is 0 Å². The van der Waals surface area contributed by atoms with Crippen LogP contribution >= 0.6 is 0 Å². The fraction of sp³-hybridized carbons (Fsp3) is 0.222. The summed E-state index contributed by atoms with van der Waals surface area (Å²) >= 11 is 0. The van der Waals surface area contributed by atoms with Crippen LogP contribution in [0.3, 0.4) is 0 Å². The predicted molar refractivity (Wildman–Crippen MR) is 126 cm³/mol. The number of carbonyl (C=O) groups is 1. The smallest absolute Gasteiger partial charge is 0.195 e. The molecule has 5 nitrogen and oxygen atoms in total. The summed E-state index contributed by atoms with van der Waals surface area (Å²) in [5, 5.41) is 0.933. The van der Waals surface area contributed by atoms with Crippen LogP contribution in [0.2, 0.25) is 0 Å². The first kappa shape index (κ1) is 20.5. The second kappa shape index (κ2) is 9.39. The molecule has 1 saturated heterocycles. The van der Waals surface area contributed by atoms with E-state index < -0.39 is 0 Å². The molecule has 1 N–H and O–H groups in total. The number of H-pyrrole nitrogens is 1. The van der Waals surface area contributed by atoms with Crippen molar-refractivity contribution < 1.29 is 14.3 Å². The topological polar surface area (TPSA) is 54.6 Å². The van der Waals surface area contributed by atoms with E-state index in [0.29, 0.717) is 17.7 Å². The van der Waals surface area contributed by atoms with Gasteiger partial charge in [0, 0.05) is 36.1 Å². The summed E-state index contributed by atoms with van der Waals surface area (Å²) in [6.07, 6.45) is 0. The molecule has 0 aliphatic carbocycles. The predicted octanol–water partition coefficient (Wildman–Crippen LogP) is 4.78. The summed E-state index contributed by atoms with van der Waals surface area (Å²) in [4.78, 5) is 19.3. The van der Waals surface area contributed by atoms with Crippen LogP contribution in [-0.2, 0) is 4.74 Å². The number of aromatic amines is 1. The zero-order chi connectivity index (χ0) is 21.8. The van der Waals surface area contributed by atoms with Crippen LogP contribution in [0.1, 0.15) is 15.9 Å². The molecule has 0 bridgehead atoms. The van der Waals surface area contributed by atoms with Gasteiger partial charge in [-0.05, 0) is 35.9 Å². The highest BCUT2D eigenvalue weighted by molar-refractivity contribution is 6.20. The third kappa shape index (κ3) is 4.31. The maximum atomic E-state index is 13.6. The molecule has 5 heteroatoms. The Labute approximate surface area is 187 Å². The number of nitrogens with one attached hydrogen (secondary N) is 1. The number of nitrogens with zero attached hydrogens (tertiary/aromatic N) is 1. The Morgan fingerprint density at radius 2 is 1.62 bits per heavy atom. The van der Waals surface area contributed by atoms with Crippen molar-refractivity contribution in [2.24, 2.45) is 0 Å². The van der Waals surface area contributed by atoms with Gasteiger partial charge in [-0.1, -0.05) is 48.5 Å². The van der Waals surface area contributed by atoms with Gasteiger partial charge >= 0.3 is 0 Å². The third-order valence-corrected chi connectivity index (χ3v) is 5.89. The molecule has 0 spiro atoms. The Bertz CT molecular complexity index is 1190. The molecule has 1 aliphatic heterocycles. The summed E-state index contributed by atoms with van der Waals surface area (Å²) in [6, 6.07) is 25.4. The molecule has 4 aromatic rings. The highest BCUT2D eigenvalue weighted by Gasteiger charge is 2.21. The molecule has 0 radical (unpaired) electrons. The molecular weight excluding hydrogens is 400 g/mol. The van der Waals surface area contributed by atoms with E-state index in [-0.39, 0.29) is 5.78 Å². The van der Waals surface area contributed by atoms with Crippen LogP contribution in [0.5, 0.6) is 5.75 Å². The summed E-state index contributed by atoms with van der Waals surface area (Å²) in [7, 11) is 0. The number of fused-ring (bicyclic) bond motifs is 1. The first-order chi connectivity index (χ1) is 15.8. The zero-order valence-electron chi connectivity index (χ0n) is 17.9. The van der Waals surface area contributed by atoms with Crippen molar-refractivity contribution in [3.8, 4) is 17.0 Å². The molecule has 1 aliphatic rings. The van der Waals surface area contributed by atoms with E-state index in [1.165, 1.54) is 0 Å². The van der Waals surface area contributed by atoms with Gasteiger partial charge in [0.2, 0.25) is 0 Å². The number of carbonyl (C=O) groups excluding carboxylic acids is 1. The van der Waals surface area contributed by atoms with Crippen LogP contribution in [0.25, 0.3) is 22.2 Å². The standard InChI is InChI=1S/C27H26N2O3/c30-27(21-10-12-22(13-11-21)32-19-16-29-14-17-31-18-15-29)25-23-8-4-5-9-24(23)28-26(25)20-6-2-1-3-7-20/h1-13,28H,14-19H2. The van der Waals surface area contributed by atoms with Crippen LogP contribution < -0.4 is 4.74 Å². The van der Waals surface area contributed by atoms with Gasteiger partial charge in [-0.2, -0.15) is 0 Å². The minimum absolute atomic E-state index is 0.00108. The molecule has 5 rings (SSSR count). The van der Waals surface area contributed by atoms with E-state index >= 15 is 0 Å². The maximum absolute atomic E-state index is 13.6. The highest BCUT2D eigenvalue weighted by atomic mass is 16.5. The Balaban J connectivity index is 1.36. The van der Waals surface area contributed by atoms with Crippen molar-refractivity contribution >= 4 is 16.7 Å². The molecule has 0 unspecified atom stereocenters. The molecule has 162 valence electrons. The van der Waals surface area contributed by atoms with Crippen molar-refractivity contribution in [1.29, 1.82) is 0 Å². The number of aromatic nitrogens is 1. The summed E-state index contributed by atoms with van der Waals surface area (Å²) in [6.45, 7) is 4.97. The average molecular weight is 427 g/mol. The lowest BCUT2D eigenvalue weighted by atomic mass is 9.97. The number of benzene rings is 3. The van der Waals surface area contributed by atoms with E-state index in [1.54, 1.807) is 0 Å². The number of hydrogen-bond acceptors (Lipinski definition) is 4. The van der Waals surface area contributed by atoms with Gasteiger partial charge in [0.15, 0.2) is 5.78 Å². The Morgan fingerprint density at radius 1 is 0.906 bits per heavy atom. The Morgan fingerprint density at radius 3 is 2.41 bits per heavy atom. The van der Waals surface area contributed by atoms with Crippen molar-refractivity contribution in [3.05, 3.63) is 90.0 Å². The van der Waals surface area contributed by atoms with Crippen LogP contribution in [0, 0.1) is 0 Å². The lowest BCUT2D eigenvalue weighted by molar-refractivity contribution is 0.0322. The fourth-order valence-electron chi connectivity index (χ4n) is 4.16. The SMILES string of the molecule is O=C(c1ccc(OCCN2CCOCC2)cc1)c1c(-c2ccccc2)[nH]c2ccccc12. The molecule has 2 heterocycles. The molecule has 1 fully saturated rings. The summed E-state index contributed by atoms with van der Waals surface area (Å²) in [5.41, 5.74) is 4.15. The average Bonchev–Trinajstić information content (AvgIpc) is 3.25. The monoisotopic (exact) mass is 426 g/mol. The highest BCUT2D eigenvalue weighted by Crippen LogP contribution is 2.32. The van der Waals surface area contributed by atoms with Gasteiger partial charge < -0.3 is 14.5 Å². The largest absolute Gasteiger partial charge is 0.492 e. The second-order valence-electron chi connectivity index (χ2n) is 7.94. The fourth-order valence-corrected chi connectivity index (χ4v) is 4.16. The van der Waals surface area contributed by atoms with E-state index in [0.717, 1.165) is 60.8 Å². The van der Waals surface area contributed by atoms with Crippen molar-refractivity contribution in [1.82, 2.24) is 9.88 Å². The number of hydrogen-bond donors (Lipinski definition) is 1. The lowest BCUT2D eigenvalue weighted by Gasteiger charge is -2.26. The van der Waals surface area contributed by atoms with Crippen LogP contribution in [0.4, 0.5) is 0 Å². The van der Waals surface area contributed by atoms with Gasteiger partial charge in [0.25, 0.3) is 0 Å². The quantitative estimate of drug-likeness (QED) is 0.432. The van der Waals surface area contributed by atoms with E-state index in [4.69, 9.17) is 9.47 Å². The summed E-state index contributed by atoms with van der Waals surface area (Å²) < 4.78 is 11.3. The van der Waals surface area contributed by atoms with E-state index in [2.05, 4.69) is 9.88 Å². The zero-order valence-corrected chi connectivity index (χ0v) is 17.9. The summed E-state index contributed by atoms with van der Waals surface area (Å²) in [5.74, 6) is 0.776. The van der Waals surface area contributed by atoms with Crippen LogP contribution in [-0.4, -0.2) is 55.1 Å². The molecule has 3 aromatic carbocycles. The number of rotatable bonds is 7. The number of ketones is 1. The van der Waals surface area contributed by atoms with Crippen molar-refractivity contribution in [2.75, 3.05) is 39.5 Å². The molecule has 0 atom stereocenters. The second-order valence-corrected chi connectivity index (χ2v) is 7.94. The number of ether oxygens (including phenoxy) is 2. The molecule has 0 amide bonds. The third-order valence-electron chi connectivity index (χ3n) is 5.89. The molecular formula is C27H26N2O3. The molecule has 32 heavy (non-hydrogen) atoms. The van der Waals surface area contributed by atoms with E-state index in [9.17, 15) is 4.79 Å². The lowest BCUT2D eigenvalue weighted by Crippen LogP contribution is -2.38. The first-order valence-corrected chi connectivity index (χ1v) is 11.0. The van der Waals surface area contributed by atoms with Gasteiger partial charge in [-0.25, -0.2) is 0 Å². The van der Waals surface area contributed by atoms with Gasteiger partial charge in [-0.15, -0.1) is 0 Å². The number of morpholine rings is 1. The van der Waals surface area contributed by atoms with Gasteiger partial charge in [-0.3, -0.25) is 9.69 Å². The van der Waals surface area contributed by atoms with Crippen molar-refractivity contribution in [2.45, 2.75) is 0 Å². The molecule has 1 aromatic heterocycles. The minimum Gasteiger partial charge on any atom is -0.492 e. The maximum Gasteiger partial charge on any atom is 0.195 e. The first-order valence-electron chi connectivity index (χ1n) is 11.0. The Kier molecular flexibility index (Phi) is 6.01. The van der Waals surface area contributed by atoms with E-state index in [1.807, 2.05) is 78.9 Å². The van der Waals surface area contributed by atoms with Crippen LogP contribution in [0.15, 0.2) is 78.9 Å².